The number of primary amides is 1. The molecule has 1 aromatic heterocycles. The smallest absolute Gasteiger partial charge is 0.341 e. The summed E-state index contributed by atoms with van der Waals surface area (Å²) < 4.78 is 7.97. The molecule has 1 aliphatic carbocycles. The molecule has 0 spiro atoms. The maximum Gasteiger partial charge on any atom is 0.341 e. The molecular weight excluding hydrogens is 440 g/mol. The third kappa shape index (κ3) is 4.39. The molecule has 1 heterocycles. The molecule has 6 nitrogen and oxygen atoms in total. The van der Waals surface area contributed by atoms with Gasteiger partial charge in [-0.15, -0.1) is 0 Å². The first kappa shape index (κ1) is 22.7. The number of hydrogen-bond acceptors (Lipinski definition) is 3. The lowest BCUT2D eigenvalue weighted by molar-refractivity contribution is -0.139. The summed E-state index contributed by atoms with van der Waals surface area (Å²) in [5.41, 5.74) is 12.3. The monoisotopic (exact) mass is 468 g/mol. The van der Waals surface area contributed by atoms with Crippen molar-refractivity contribution in [3.05, 3.63) is 89.6 Å². The molecule has 1 aliphatic rings. The van der Waals surface area contributed by atoms with E-state index in [0.29, 0.717) is 18.7 Å². The number of aromatic nitrogens is 1. The van der Waals surface area contributed by atoms with Crippen LogP contribution in [0.4, 0.5) is 0 Å². The highest BCUT2D eigenvalue weighted by Crippen LogP contribution is 2.43. The van der Waals surface area contributed by atoms with Gasteiger partial charge in [0.2, 0.25) is 5.91 Å². The van der Waals surface area contributed by atoms with Crippen LogP contribution >= 0.6 is 0 Å². The van der Waals surface area contributed by atoms with Crippen LogP contribution in [0.15, 0.2) is 72.8 Å². The number of nitrogens with two attached hydrogens (primary N) is 1. The minimum absolute atomic E-state index is 0.357. The number of benzene rings is 3. The number of carbonyl (C=O) groups excluding carboxylic acids is 1. The van der Waals surface area contributed by atoms with Gasteiger partial charge in [0.15, 0.2) is 6.61 Å². The molecule has 1 atom stereocenters. The van der Waals surface area contributed by atoms with Crippen molar-refractivity contribution in [2.24, 2.45) is 5.73 Å². The van der Waals surface area contributed by atoms with Gasteiger partial charge < -0.3 is 20.1 Å². The molecular formula is C29H28N2O4. The van der Waals surface area contributed by atoms with Gasteiger partial charge in [-0.1, -0.05) is 67.1 Å². The average Bonchev–Trinajstić information content (AvgIpc) is 3.01. The maximum atomic E-state index is 12.6. The fourth-order valence-electron chi connectivity index (χ4n) is 5.33. The van der Waals surface area contributed by atoms with E-state index in [0.717, 1.165) is 58.1 Å². The second kappa shape index (κ2) is 9.66. The molecule has 178 valence electrons. The van der Waals surface area contributed by atoms with E-state index in [1.54, 1.807) is 6.07 Å². The normalized spacial score (nSPS) is 15.4. The molecule has 1 unspecified atom stereocenters. The Morgan fingerprint density at radius 3 is 2.51 bits per heavy atom. The number of carbonyl (C=O) groups is 2. The topological polar surface area (TPSA) is 94.6 Å². The first-order chi connectivity index (χ1) is 17.0. The van der Waals surface area contributed by atoms with Crippen molar-refractivity contribution in [2.45, 2.75) is 38.1 Å². The summed E-state index contributed by atoms with van der Waals surface area (Å²) in [5.74, 6) is -1.36. The van der Waals surface area contributed by atoms with E-state index < -0.39 is 18.5 Å². The molecule has 35 heavy (non-hydrogen) atoms. The highest BCUT2D eigenvalue weighted by Gasteiger charge is 2.31. The highest BCUT2D eigenvalue weighted by molar-refractivity contribution is 5.97. The Hall–Kier alpha value is -4.06. The molecule has 0 aliphatic heterocycles. The van der Waals surface area contributed by atoms with E-state index >= 15 is 0 Å². The molecule has 5 rings (SSSR count). The Labute approximate surface area is 203 Å². The summed E-state index contributed by atoms with van der Waals surface area (Å²) in [4.78, 5) is 23.8. The number of carboxylic acid groups (broad SMARTS) is 1. The van der Waals surface area contributed by atoms with E-state index in [2.05, 4.69) is 28.8 Å². The van der Waals surface area contributed by atoms with Crippen LogP contribution in [0, 0.1) is 0 Å². The minimum atomic E-state index is -1.05. The zero-order chi connectivity index (χ0) is 24.4. The minimum Gasteiger partial charge on any atom is -0.481 e. The van der Waals surface area contributed by atoms with E-state index in [-0.39, 0.29) is 5.91 Å². The van der Waals surface area contributed by atoms with Crippen LogP contribution in [0.3, 0.4) is 0 Å². The summed E-state index contributed by atoms with van der Waals surface area (Å²) in [6, 6.07) is 24.3. The number of nitrogens with zero attached hydrogens (tertiary/aromatic N) is 1. The summed E-state index contributed by atoms with van der Waals surface area (Å²) >= 11 is 0. The third-order valence-electron chi connectivity index (χ3n) is 6.83. The number of aliphatic carboxylic acids is 1. The second-order valence-corrected chi connectivity index (χ2v) is 9.00. The molecule has 0 fully saturated rings. The Morgan fingerprint density at radius 1 is 0.971 bits per heavy atom. The van der Waals surface area contributed by atoms with Gasteiger partial charge in [0.05, 0.1) is 11.4 Å². The van der Waals surface area contributed by atoms with Crippen LogP contribution in [0.1, 0.15) is 42.0 Å². The van der Waals surface area contributed by atoms with Crippen molar-refractivity contribution < 1.29 is 19.4 Å². The van der Waals surface area contributed by atoms with Crippen LogP contribution in [-0.2, 0) is 22.6 Å². The SMILES string of the molecule is NC(=O)C1CCCCc2c1c1c(OCC(=O)O)cccc1n2Cc1ccccc1-c1ccccc1. The van der Waals surface area contributed by atoms with Crippen LogP contribution < -0.4 is 10.5 Å². The Bertz CT molecular complexity index is 1390. The van der Waals surface area contributed by atoms with Gasteiger partial charge in [0, 0.05) is 17.6 Å². The van der Waals surface area contributed by atoms with Crippen molar-refractivity contribution >= 4 is 22.8 Å². The first-order valence-electron chi connectivity index (χ1n) is 12.0. The number of hydrogen-bond donors (Lipinski definition) is 2. The summed E-state index contributed by atoms with van der Waals surface area (Å²) in [6.45, 7) is 0.169. The predicted molar refractivity (Wildman–Crippen MR) is 136 cm³/mol. The van der Waals surface area contributed by atoms with Gasteiger partial charge in [0.1, 0.15) is 5.75 Å². The molecule has 3 aromatic carbocycles. The zero-order valence-electron chi connectivity index (χ0n) is 19.4. The van der Waals surface area contributed by atoms with Crippen molar-refractivity contribution in [3.63, 3.8) is 0 Å². The van der Waals surface area contributed by atoms with Crippen molar-refractivity contribution in [2.75, 3.05) is 6.61 Å². The second-order valence-electron chi connectivity index (χ2n) is 9.00. The standard InChI is InChI=1S/C29H28N2O4/c30-29(34)22-13-6-7-14-23-27(22)28-24(15-8-16-25(28)35-18-26(32)33)31(23)17-20-11-4-5-12-21(20)19-9-2-1-3-10-19/h1-5,8-12,15-16,22H,6-7,13-14,17-18H2,(H2,30,34)(H,32,33). The lowest BCUT2D eigenvalue weighted by Crippen LogP contribution is -2.21. The van der Waals surface area contributed by atoms with Crippen LogP contribution in [0.5, 0.6) is 5.75 Å². The maximum absolute atomic E-state index is 12.6. The Morgan fingerprint density at radius 2 is 1.74 bits per heavy atom. The van der Waals surface area contributed by atoms with Gasteiger partial charge in [-0.05, 0) is 53.6 Å². The van der Waals surface area contributed by atoms with Crippen molar-refractivity contribution in [1.82, 2.24) is 4.57 Å². The fraction of sp³-hybridized carbons (Fsp3) is 0.241. The number of ether oxygens (including phenoxy) is 1. The van der Waals surface area contributed by atoms with Gasteiger partial charge in [-0.3, -0.25) is 4.79 Å². The molecule has 3 N–H and O–H groups in total. The molecule has 1 amide bonds. The van der Waals surface area contributed by atoms with E-state index in [4.69, 9.17) is 10.5 Å². The van der Waals surface area contributed by atoms with E-state index in [1.165, 1.54) is 0 Å². The van der Waals surface area contributed by atoms with E-state index in [9.17, 15) is 14.7 Å². The largest absolute Gasteiger partial charge is 0.481 e. The van der Waals surface area contributed by atoms with Crippen LogP contribution in [0.2, 0.25) is 0 Å². The van der Waals surface area contributed by atoms with Crippen molar-refractivity contribution in [1.29, 1.82) is 0 Å². The lowest BCUT2D eigenvalue weighted by Gasteiger charge is -2.16. The summed E-state index contributed by atoms with van der Waals surface area (Å²) in [7, 11) is 0. The molecule has 0 bridgehead atoms. The Balaban J connectivity index is 1.72. The van der Waals surface area contributed by atoms with Crippen LogP contribution in [-0.4, -0.2) is 28.2 Å². The zero-order valence-corrected chi connectivity index (χ0v) is 19.4. The summed E-state index contributed by atoms with van der Waals surface area (Å²) in [5, 5.41) is 10.0. The van der Waals surface area contributed by atoms with Gasteiger partial charge >= 0.3 is 5.97 Å². The number of fused-ring (bicyclic) bond motifs is 3. The van der Waals surface area contributed by atoms with Gasteiger partial charge in [0.25, 0.3) is 0 Å². The van der Waals surface area contributed by atoms with Gasteiger partial charge in [-0.25, -0.2) is 4.79 Å². The molecule has 0 radical (unpaired) electrons. The first-order valence-corrected chi connectivity index (χ1v) is 12.0. The Kier molecular flexibility index (Phi) is 6.27. The molecule has 0 saturated carbocycles. The lowest BCUT2D eigenvalue weighted by atomic mass is 9.92. The quantitative estimate of drug-likeness (QED) is 0.368. The van der Waals surface area contributed by atoms with Crippen molar-refractivity contribution in [3.8, 4) is 16.9 Å². The average molecular weight is 469 g/mol. The fourth-order valence-corrected chi connectivity index (χ4v) is 5.33. The number of amides is 1. The molecule has 4 aromatic rings. The summed E-state index contributed by atoms with van der Waals surface area (Å²) in [6.07, 6.45) is 3.36. The predicted octanol–water partition coefficient (Wildman–Crippen LogP) is 5.12. The molecule has 0 saturated heterocycles. The van der Waals surface area contributed by atoms with Gasteiger partial charge in [-0.2, -0.15) is 0 Å². The van der Waals surface area contributed by atoms with Crippen LogP contribution in [0.25, 0.3) is 22.0 Å². The molecule has 6 heteroatoms. The highest BCUT2D eigenvalue weighted by atomic mass is 16.5. The number of carboxylic acids is 1. The van der Waals surface area contributed by atoms with E-state index in [1.807, 2.05) is 42.5 Å². The third-order valence-corrected chi connectivity index (χ3v) is 6.83. The number of rotatable bonds is 7.